The van der Waals surface area contributed by atoms with Crippen LogP contribution in [0.2, 0.25) is 0 Å². The highest BCUT2D eigenvalue weighted by atomic mass is 19.1. The van der Waals surface area contributed by atoms with Crippen molar-refractivity contribution >= 4 is 0 Å². The van der Waals surface area contributed by atoms with Crippen LogP contribution in [-0.2, 0) is 0 Å². The SMILES string of the molecule is Oc1ccccc1F.Oc1ccccc1F. The number of phenolic OH excluding ortho intramolecular Hbond substituents is 2. The Hall–Kier alpha value is -2.10. The Morgan fingerprint density at radius 2 is 0.938 bits per heavy atom. The number of rotatable bonds is 0. The molecule has 16 heavy (non-hydrogen) atoms. The van der Waals surface area contributed by atoms with E-state index in [1.54, 1.807) is 12.1 Å². The van der Waals surface area contributed by atoms with Crippen molar-refractivity contribution in [1.82, 2.24) is 0 Å². The summed E-state index contributed by atoms with van der Waals surface area (Å²) in [4.78, 5) is 0. The van der Waals surface area contributed by atoms with Gasteiger partial charge in [0.25, 0.3) is 0 Å². The third kappa shape index (κ3) is 3.57. The number of aromatic hydroxyl groups is 2. The quantitative estimate of drug-likeness (QED) is 0.722. The van der Waals surface area contributed by atoms with Crippen molar-refractivity contribution in [1.29, 1.82) is 0 Å². The molecule has 2 nitrogen and oxygen atoms in total. The minimum atomic E-state index is -0.576. The molecule has 0 atom stereocenters. The molecule has 0 spiro atoms. The van der Waals surface area contributed by atoms with Gasteiger partial charge in [-0.05, 0) is 24.3 Å². The second-order valence-electron chi connectivity index (χ2n) is 2.90. The molecule has 2 aromatic carbocycles. The number of hydrogen-bond donors (Lipinski definition) is 2. The van der Waals surface area contributed by atoms with Gasteiger partial charge in [-0.25, -0.2) is 8.78 Å². The van der Waals surface area contributed by atoms with Crippen LogP contribution in [0.1, 0.15) is 0 Å². The third-order valence-electron chi connectivity index (χ3n) is 1.70. The molecular weight excluding hydrogens is 214 g/mol. The van der Waals surface area contributed by atoms with E-state index < -0.39 is 11.6 Å². The maximum atomic E-state index is 12.1. The fraction of sp³-hybridized carbons (Fsp3) is 0. The highest BCUT2D eigenvalue weighted by Crippen LogP contribution is 2.12. The van der Waals surface area contributed by atoms with E-state index >= 15 is 0 Å². The Morgan fingerprint density at radius 3 is 1.12 bits per heavy atom. The molecule has 2 N–H and O–H groups in total. The van der Waals surface area contributed by atoms with E-state index in [1.807, 2.05) is 0 Å². The van der Waals surface area contributed by atoms with Gasteiger partial charge in [-0.1, -0.05) is 24.3 Å². The molecule has 0 saturated carbocycles. The van der Waals surface area contributed by atoms with E-state index in [4.69, 9.17) is 10.2 Å². The van der Waals surface area contributed by atoms with Gasteiger partial charge >= 0.3 is 0 Å². The van der Waals surface area contributed by atoms with Gasteiger partial charge in [0.1, 0.15) is 0 Å². The Labute approximate surface area is 91.4 Å². The smallest absolute Gasteiger partial charge is 0.164 e. The largest absolute Gasteiger partial charge is 0.505 e. The zero-order valence-electron chi connectivity index (χ0n) is 8.27. The van der Waals surface area contributed by atoms with Gasteiger partial charge in [-0.3, -0.25) is 0 Å². The average Bonchev–Trinajstić information content (AvgIpc) is 2.28. The van der Waals surface area contributed by atoms with Crippen molar-refractivity contribution in [3.63, 3.8) is 0 Å². The lowest BCUT2D eigenvalue weighted by Gasteiger charge is -1.88. The Bertz CT molecular complexity index is 373. The van der Waals surface area contributed by atoms with Crippen molar-refractivity contribution in [2.75, 3.05) is 0 Å². The van der Waals surface area contributed by atoms with E-state index in [-0.39, 0.29) is 11.5 Å². The standard InChI is InChI=1S/2C6H5FO/c2*7-5-3-1-2-4-6(5)8/h2*1-4,8H. The van der Waals surface area contributed by atoms with Crippen molar-refractivity contribution < 1.29 is 19.0 Å². The van der Waals surface area contributed by atoms with Gasteiger partial charge in [-0.2, -0.15) is 0 Å². The molecule has 0 aliphatic rings. The Kier molecular flexibility index (Phi) is 4.27. The zero-order valence-corrected chi connectivity index (χ0v) is 8.27. The van der Waals surface area contributed by atoms with Crippen LogP contribution >= 0.6 is 0 Å². The van der Waals surface area contributed by atoms with Gasteiger partial charge in [0.05, 0.1) is 0 Å². The number of halogens is 2. The van der Waals surface area contributed by atoms with Crippen molar-refractivity contribution in [3.8, 4) is 11.5 Å². The molecule has 0 aliphatic heterocycles. The molecule has 84 valence electrons. The monoisotopic (exact) mass is 224 g/mol. The minimum absolute atomic E-state index is 0.299. The fourth-order valence-electron chi connectivity index (χ4n) is 0.903. The minimum Gasteiger partial charge on any atom is -0.505 e. The molecule has 0 heterocycles. The summed E-state index contributed by atoms with van der Waals surface area (Å²) in [6.45, 7) is 0. The molecule has 4 heteroatoms. The molecule has 0 unspecified atom stereocenters. The van der Waals surface area contributed by atoms with Crippen molar-refractivity contribution in [3.05, 3.63) is 60.2 Å². The first-order valence-electron chi connectivity index (χ1n) is 4.48. The normalized spacial score (nSPS) is 9.12. The first kappa shape index (κ1) is 12.0. The van der Waals surface area contributed by atoms with Crippen LogP contribution in [0.25, 0.3) is 0 Å². The van der Waals surface area contributed by atoms with E-state index in [2.05, 4.69) is 0 Å². The lowest BCUT2D eigenvalue weighted by atomic mass is 10.3. The van der Waals surface area contributed by atoms with Gasteiger partial charge < -0.3 is 10.2 Å². The first-order chi connectivity index (χ1) is 7.61. The maximum absolute atomic E-state index is 12.1. The summed E-state index contributed by atoms with van der Waals surface area (Å²) < 4.78 is 24.1. The highest BCUT2D eigenvalue weighted by Gasteiger charge is 1.92. The molecule has 2 aromatic rings. The summed E-state index contributed by atoms with van der Waals surface area (Å²) in [7, 11) is 0. The molecule has 0 amide bonds. The Morgan fingerprint density at radius 1 is 0.625 bits per heavy atom. The van der Waals surface area contributed by atoms with Gasteiger partial charge in [0.15, 0.2) is 23.1 Å². The molecular formula is C12H10F2O2. The van der Waals surface area contributed by atoms with Crippen molar-refractivity contribution in [2.24, 2.45) is 0 Å². The summed E-state index contributed by atoms with van der Waals surface area (Å²) in [5.74, 6) is -1.75. The van der Waals surface area contributed by atoms with Gasteiger partial charge in [0.2, 0.25) is 0 Å². The summed E-state index contributed by atoms with van der Waals surface area (Å²) in [5, 5.41) is 17.1. The summed E-state index contributed by atoms with van der Waals surface area (Å²) >= 11 is 0. The second kappa shape index (κ2) is 5.70. The Balaban J connectivity index is 0.000000160. The van der Waals surface area contributed by atoms with Crippen LogP contribution in [0.4, 0.5) is 8.78 Å². The van der Waals surface area contributed by atoms with Crippen LogP contribution in [0.5, 0.6) is 11.5 Å². The predicted octanol–water partition coefficient (Wildman–Crippen LogP) is 3.06. The predicted molar refractivity (Wildman–Crippen MR) is 56.1 cm³/mol. The third-order valence-corrected chi connectivity index (χ3v) is 1.70. The number of para-hydroxylation sites is 2. The van der Waals surface area contributed by atoms with Crippen molar-refractivity contribution in [2.45, 2.75) is 0 Å². The van der Waals surface area contributed by atoms with Gasteiger partial charge in [0, 0.05) is 0 Å². The summed E-state index contributed by atoms with van der Waals surface area (Å²) in [6, 6.07) is 11.2. The van der Waals surface area contributed by atoms with Crippen LogP contribution < -0.4 is 0 Å². The highest BCUT2D eigenvalue weighted by molar-refractivity contribution is 5.21. The molecule has 0 aliphatic carbocycles. The molecule has 0 fully saturated rings. The number of hydrogen-bond acceptors (Lipinski definition) is 2. The lowest BCUT2D eigenvalue weighted by Crippen LogP contribution is -1.70. The molecule has 0 saturated heterocycles. The van der Waals surface area contributed by atoms with Crippen LogP contribution in [-0.4, -0.2) is 10.2 Å². The fourth-order valence-corrected chi connectivity index (χ4v) is 0.903. The molecule has 2 rings (SSSR count). The van der Waals surface area contributed by atoms with E-state index in [0.717, 1.165) is 0 Å². The summed E-state index contributed by atoms with van der Waals surface area (Å²) in [6.07, 6.45) is 0. The molecule has 0 bridgehead atoms. The number of phenols is 2. The number of benzene rings is 2. The van der Waals surface area contributed by atoms with Crippen LogP contribution in [0, 0.1) is 11.6 Å². The van der Waals surface area contributed by atoms with Crippen LogP contribution in [0.15, 0.2) is 48.5 Å². The van der Waals surface area contributed by atoms with E-state index in [9.17, 15) is 8.78 Å². The first-order valence-corrected chi connectivity index (χ1v) is 4.48. The zero-order chi connectivity index (χ0) is 12.0. The second-order valence-corrected chi connectivity index (χ2v) is 2.90. The van der Waals surface area contributed by atoms with Crippen LogP contribution in [0.3, 0.4) is 0 Å². The molecule has 0 aromatic heterocycles. The van der Waals surface area contributed by atoms with Gasteiger partial charge in [-0.15, -0.1) is 0 Å². The lowest BCUT2D eigenvalue weighted by molar-refractivity contribution is 0.432. The van der Waals surface area contributed by atoms with E-state index in [0.29, 0.717) is 0 Å². The van der Waals surface area contributed by atoms with E-state index in [1.165, 1.54) is 36.4 Å². The maximum Gasteiger partial charge on any atom is 0.164 e. The average molecular weight is 224 g/mol. The summed E-state index contributed by atoms with van der Waals surface area (Å²) in [5.41, 5.74) is 0. The topological polar surface area (TPSA) is 40.5 Å². The molecule has 0 radical (unpaired) electrons.